The van der Waals surface area contributed by atoms with Crippen molar-refractivity contribution in [3.63, 3.8) is 0 Å². The zero-order chi connectivity index (χ0) is 19.3. The van der Waals surface area contributed by atoms with Crippen molar-refractivity contribution in [1.29, 1.82) is 0 Å². The molecule has 0 fully saturated rings. The Morgan fingerprint density at radius 1 is 1.04 bits per heavy atom. The Balaban J connectivity index is 1.91. The van der Waals surface area contributed by atoms with Gasteiger partial charge in [0.25, 0.3) is 5.95 Å². The molecule has 8 heteroatoms. The van der Waals surface area contributed by atoms with Crippen LogP contribution < -0.4 is 5.32 Å². The van der Waals surface area contributed by atoms with Crippen molar-refractivity contribution < 1.29 is 13.6 Å². The first-order valence-corrected chi connectivity index (χ1v) is 8.50. The van der Waals surface area contributed by atoms with Crippen molar-refractivity contribution in [2.45, 2.75) is 33.1 Å². The van der Waals surface area contributed by atoms with Crippen LogP contribution in [-0.4, -0.2) is 25.7 Å². The minimum Gasteiger partial charge on any atom is -0.310 e. The maximum absolute atomic E-state index is 13.7. The van der Waals surface area contributed by atoms with Crippen LogP contribution in [0.25, 0.3) is 5.95 Å². The molecule has 0 bridgehead atoms. The molecular formula is C19H17F2N5O. The number of amides is 1. The fraction of sp³-hybridized carbons (Fsp3) is 0.263. The minimum absolute atomic E-state index is 0.0795. The van der Waals surface area contributed by atoms with E-state index in [1.54, 1.807) is 6.92 Å². The van der Waals surface area contributed by atoms with Crippen LogP contribution in [0.5, 0.6) is 0 Å². The van der Waals surface area contributed by atoms with Gasteiger partial charge in [-0.3, -0.25) is 4.79 Å². The molecule has 1 N–H and O–H groups in total. The first-order chi connectivity index (χ1) is 12.8. The third kappa shape index (κ3) is 3.07. The number of anilines is 1. The molecule has 0 radical (unpaired) electrons. The Hall–Kier alpha value is -3.16. The number of aromatic nitrogens is 4. The zero-order valence-electron chi connectivity index (χ0n) is 15.0. The molecule has 1 amide bonds. The number of aryl methyl sites for hydroxylation is 3. The largest absolute Gasteiger partial charge is 0.310 e. The summed E-state index contributed by atoms with van der Waals surface area (Å²) >= 11 is 0. The van der Waals surface area contributed by atoms with E-state index in [4.69, 9.17) is 0 Å². The summed E-state index contributed by atoms with van der Waals surface area (Å²) < 4.78 is 28.9. The van der Waals surface area contributed by atoms with Crippen LogP contribution >= 0.6 is 0 Å². The van der Waals surface area contributed by atoms with E-state index in [-0.39, 0.29) is 12.3 Å². The molecular weight excluding hydrogens is 352 g/mol. The monoisotopic (exact) mass is 369 g/mol. The van der Waals surface area contributed by atoms with Crippen molar-refractivity contribution in [1.82, 2.24) is 19.7 Å². The van der Waals surface area contributed by atoms with Crippen molar-refractivity contribution in [3.05, 3.63) is 64.1 Å². The van der Waals surface area contributed by atoms with Crippen molar-refractivity contribution in [3.8, 4) is 5.95 Å². The lowest BCUT2D eigenvalue weighted by atomic mass is 9.85. The van der Waals surface area contributed by atoms with E-state index in [2.05, 4.69) is 20.4 Å². The summed E-state index contributed by atoms with van der Waals surface area (Å²) in [6, 6.07) is 5.15. The predicted molar refractivity (Wildman–Crippen MR) is 94.8 cm³/mol. The van der Waals surface area contributed by atoms with Crippen LogP contribution in [0.3, 0.4) is 0 Å². The maximum Gasteiger partial charge on any atom is 0.252 e. The molecule has 0 saturated heterocycles. The maximum atomic E-state index is 13.7. The summed E-state index contributed by atoms with van der Waals surface area (Å²) in [5.74, 6) is -1.35. The van der Waals surface area contributed by atoms with E-state index in [0.717, 1.165) is 17.5 Å². The van der Waals surface area contributed by atoms with Gasteiger partial charge in [-0.05, 0) is 44.5 Å². The van der Waals surface area contributed by atoms with Gasteiger partial charge in [-0.15, -0.1) is 0 Å². The fourth-order valence-electron chi connectivity index (χ4n) is 3.55. The highest BCUT2D eigenvalue weighted by molar-refractivity contribution is 5.95. The van der Waals surface area contributed by atoms with E-state index >= 15 is 0 Å². The standard InChI is InChI=1S/C19H17F2N5O/c1-9-4-10(2)23-19(22-9)26-18-17(11(3)25-26)15(8-16(27)24-18)12-5-13(20)7-14(21)6-12/h4-7,15H,8H2,1-3H3,(H,24,27)/t15-/m0/s1. The van der Waals surface area contributed by atoms with Crippen LogP contribution in [0.2, 0.25) is 0 Å². The van der Waals surface area contributed by atoms with Gasteiger partial charge in [0.1, 0.15) is 17.5 Å². The number of hydrogen-bond acceptors (Lipinski definition) is 4. The van der Waals surface area contributed by atoms with Gasteiger partial charge in [-0.2, -0.15) is 9.78 Å². The third-order valence-corrected chi connectivity index (χ3v) is 4.55. The van der Waals surface area contributed by atoms with Crippen molar-refractivity contribution in [2.24, 2.45) is 0 Å². The molecule has 0 aliphatic carbocycles. The molecule has 1 aliphatic rings. The molecule has 0 unspecified atom stereocenters. The van der Waals surface area contributed by atoms with Gasteiger partial charge in [0.15, 0.2) is 0 Å². The van der Waals surface area contributed by atoms with Gasteiger partial charge < -0.3 is 5.32 Å². The highest BCUT2D eigenvalue weighted by Crippen LogP contribution is 2.40. The molecule has 138 valence electrons. The van der Waals surface area contributed by atoms with E-state index in [0.29, 0.717) is 28.6 Å². The Labute approximate surface area is 154 Å². The summed E-state index contributed by atoms with van der Waals surface area (Å²) in [7, 11) is 0. The molecule has 0 saturated carbocycles. The Bertz CT molecular complexity index is 1040. The van der Waals surface area contributed by atoms with Gasteiger partial charge >= 0.3 is 0 Å². The van der Waals surface area contributed by atoms with Crippen LogP contribution in [0.1, 0.15) is 40.5 Å². The van der Waals surface area contributed by atoms with E-state index in [1.807, 2.05) is 19.9 Å². The number of benzene rings is 1. The average molecular weight is 369 g/mol. The molecule has 27 heavy (non-hydrogen) atoms. The van der Waals surface area contributed by atoms with Gasteiger partial charge in [0, 0.05) is 35.4 Å². The lowest BCUT2D eigenvalue weighted by Crippen LogP contribution is -2.25. The molecule has 1 atom stereocenters. The topological polar surface area (TPSA) is 72.7 Å². The summed E-state index contributed by atoms with van der Waals surface area (Å²) in [4.78, 5) is 21.1. The number of fused-ring (bicyclic) bond motifs is 1. The SMILES string of the molecule is Cc1cc(C)nc(-n2nc(C)c3c2NC(=O)C[C@H]3c2cc(F)cc(F)c2)n1. The van der Waals surface area contributed by atoms with E-state index < -0.39 is 17.6 Å². The first kappa shape index (κ1) is 17.3. The van der Waals surface area contributed by atoms with Crippen LogP contribution in [0.4, 0.5) is 14.6 Å². The van der Waals surface area contributed by atoms with Crippen molar-refractivity contribution >= 4 is 11.7 Å². The Kier molecular flexibility index (Phi) is 3.98. The summed E-state index contributed by atoms with van der Waals surface area (Å²) in [6.07, 6.45) is 0.0795. The molecule has 1 aliphatic heterocycles. The number of carbonyl (C=O) groups excluding carboxylic acids is 1. The molecule has 4 rings (SSSR count). The van der Waals surface area contributed by atoms with Gasteiger partial charge in [0.2, 0.25) is 5.91 Å². The number of carbonyl (C=O) groups is 1. The summed E-state index contributed by atoms with van der Waals surface area (Å²) in [5, 5.41) is 7.30. The normalized spacial score (nSPS) is 16.2. The number of nitrogens with zero attached hydrogens (tertiary/aromatic N) is 4. The van der Waals surface area contributed by atoms with Crippen LogP contribution in [0, 0.1) is 32.4 Å². The Morgan fingerprint density at radius 3 is 2.30 bits per heavy atom. The quantitative estimate of drug-likeness (QED) is 0.752. The molecule has 3 heterocycles. The number of rotatable bonds is 2. The van der Waals surface area contributed by atoms with Gasteiger partial charge in [0.05, 0.1) is 5.69 Å². The summed E-state index contributed by atoms with van der Waals surface area (Å²) in [5.41, 5.74) is 3.29. The molecule has 2 aromatic heterocycles. The second kappa shape index (κ2) is 6.22. The molecule has 0 spiro atoms. The molecule has 6 nitrogen and oxygen atoms in total. The second-order valence-electron chi connectivity index (χ2n) is 6.72. The smallest absolute Gasteiger partial charge is 0.252 e. The van der Waals surface area contributed by atoms with Gasteiger partial charge in [-0.25, -0.2) is 18.7 Å². The zero-order valence-corrected chi connectivity index (χ0v) is 15.0. The minimum atomic E-state index is -0.680. The highest BCUT2D eigenvalue weighted by Gasteiger charge is 2.33. The number of hydrogen-bond donors (Lipinski definition) is 1. The average Bonchev–Trinajstić information content (AvgIpc) is 2.89. The van der Waals surface area contributed by atoms with Crippen molar-refractivity contribution in [2.75, 3.05) is 5.32 Å². The number of nitrogens with one attached hydrogen (secondary N) is 1. The van der Waals surface area contributed by atoms with Crippen LogP contribution in [-0.2, 0) is 4.79 Å². The third-order valence-electron chi connectivity index (χ3n) is 4.55. The first-order valence-electron chi connectivity index (χ1n) is 8.50. The van der Waals surface area contributed by atoms with E-state index in [1.165, 1.54) is 16.8 Å². The lowest BCUT2D eigenvalue weighted by Gasteiger charge is -2.24. The van der Waals surface area contributed by atoms with Crippen LogP contribution in [0.15, 0.2) is 24.3 Å². The summed E-state index contributed by atoms with van der Waals surface area (Å²) in [6.45, 7) is 5.48. The Morgan fingerprint density at radius 2 is 1.67 bits per heavy atom. The number of halogens is 2. The molecule has 1 aromatic carbocycles. The lowest BCUT2D eigenvalue weighted by molar-refractivity contribution is -0.116. The predicted octanol–water partition coefficient (Wildman–Crippen LogP) is 3.34. The second-order valence-corrected chi connectivity index (χ2v) is 6.72. The molecule has 3 aromatic rings. The van der Waals surface area contributed by atoms with Gasteiger partial charge in [-0.1, -0.05) is 0 Å². The fourth-order valence-corrected chi connectivity index (χ4v) is 3.55. The van der Waals surface area contributed by atoms with E-state index in [9.17, 15) is 13.6 Å². The highest BCUT2D eigenvalue weighted by atomic mass is 19.1.